The molecule has 0 saturated heterocycles. The molecule has 0 aromatic carbocycles. The third-order valence-corrected chi connectivity index (χ3v) is 4.07. The number of carbonyl (C=O) groups is 1. The Morgan fingerprint density at radius 3 is 2.71 bits per heavy atom. The van der Waals surface area contributed by atoms with Gasteiger partial charge in [0.2, 0.25) is 0 Å². The lowest BCUT2D eigenvalue weighted by molar-refractivity contribution is 0.0790. The van der Waals surface area contributed by atoms with Crippen LogP contribution in [0.4, 0.5) is 0 Å². The number of rotatable bonds is 0. The molecule has 2 N–H and O–H groups in total. The van der Waals surface area contributed by atoms with E-state index in [1.165, 1.54) is 10.7 Å². The Morgan fingerprint density at radius 1 is 1.41 bits per heavy atom. The Hall–Kier alpha value is -1.01. The van der Waals surface area contributed by atoms with Crippen molar-refractivity contribution < 1.29 is 4.79 Å². The van der Waals surface area contributed by atoms with Gasteiger partial charge < -0.3 is 5.32 Å². The number of amides is 1. The van der Waals surface area contributed by atoms with Crippen molar-refractivity contribution in [2.75, 3.05) is 5.43 Å². The van der Waals surface area contributed by atoms with Crippen LogP contribution < -0.4 is 16.3 Å². The van der Waals surface area contributed by atoms with Gasteiger partial charge in [-0.25, -0.2) is 4.68 Å². The highest BCUT2D eigenvalue weighted by molar-refractivity contribution is 9.10. The van der Waals surface area contributed by atoms with Crippen LogP contribution in [-0.4, -0.2) is 16.2 Å². The molecule has 0 bridgehead atoms. The first-order chi connectivity index (χ1) is 8.02. The van der Waals surface area contributed by atoms with Crippen molar-refractivity contribution in [2.24, 2.45) is 0 Å². The molecule has 0 atom stereocenters. The van der Waals surface area contributed by atoms with Gasteiger partial charge in [-0.15, -0.1) is 0 Å². The molecule has 1 aliphatic carbocycles. The summed E-state index contributed by atoms with van der Waals surface area (Å²) in [6, 6.07) is 1.44. The highest BCUT2D eigenvalue weighted by atomic mass is 79.9. The van der Waals surface area contributed by atoms with Crippen LogP contribution in [0.2, 0.25) is 5.02 Å². The van der Waals surface area contributed by atoms with Gasteiger partial charge in [0.05, 0.1) is 9.50 Å². The van der Waals surface area contributed by atoms with Crippen LogP contribution in [0.1, 0.15) is 29.8 Å². The molecule has 3 rings (SSSR count). The lowest BCUT2D eigenvalue weighted by Crippen LogP contribution is -2.67. The zero-order chi connectivity index (χ0) is 12.2. The molecule has 2 heterocycles. The van der Waals surface area contributed by atoms with Crippen molar-refractivity contribution in [3.8, 4) is 0 Å². The van der Waals surface area contributed by atoms with Gasteiger partial charge in [-0.05, 0) is 41.3 Å². The fraction of sp³-hybridized carbons (Fsp3) is 0.400. The van der Waals surface area contributed by atoms with Gasteiger partial charge >= 0.3 is 0 Å². The van der Waals surface area contributed by atoms with Crippen molar-refractivity contribution in [1.29, 1.82) is 0 Å². The third kappa shape index (κ3) is 1.51. The zero-order valence-electron chi connectivity index (χ0n) is 8.72. The number of halogens is 2. The van der Waals surface area contributed by atoms with E-state index in [1.807, 2.05) is 0 Å². The minimum atomic E-state index is -0.474. The van der Waals surface area contributed by atoms with Gasteiger partial charge in [0, 0.05) is 0 Å². The summed E-state index contributed by atoms with van der Waals surface area (Å²) in [4.78, 5) is 23.9. The largest absolute Gasteiger partial charge is 0.327 e. The van der Waals surface area contributed by atoms with Gasteiger partial charge in [-0.3, -0.25) is 15.0 Å². The van der Waals surface area contributed by atoms with Gasteiger partial charge in [-0.2, -0.15) is 0 Å². The average molecular weight is 319 g/mol. The first kappa shape index (κ1) is 11.1. The number of hydrogen-bond donors (Lipinski definition) is 2. The number of carbonyl (C=O) groups excluding carboxylic acids is 1. The number of pyridine rings is 1. The molecule has 0 unspecified atom stereocenters. The fourth-order valence-electron chi connectivity index (χ4n) is 2.16. The summed E-state index contributed by atoms with van der Waals surface area (Å²) >= 11 is 9.11. The Bertz CT molecular complexity index is 580. The SMILES string of the molecule is O=C1NC2(CCC2)Nn2c1c(Cl)cc(Br)c2=O. The fourth-order valence-corrected chi connectivity index (χ4v) is 2.98. The van der Waals surface area contributed by atoms with Gasteiger partial charge in [0.15, 0.2) is 0 Å². The summed E-state index contributed by atoms with van der Waals surface area (Å²) in [5, 5.41) is 3.11. The normalized spacial score (nSPS) is 20.2. The molecule has 1 aromatic rings. The predicted octanol–water partition coefficient (Wildman–Crippen LogP) is 1.43. The summed E-state index contributed by atoms with van der Waals surface area (Å²) < 4.78 is 1.58. The van der Waals surface area contributed by atoms with Crippen molar-refractivity contribution >= 4 is 33.4 Å². The Kier molecular flexibility index (Phi) is 2.28. The van der Waals surface area contributed by atoms with E-state index < -0.39 is 5.66 Å². The highest BCUT2D eigenvalue weighted by Gasteiger charge is 2.43. The molecule has 1 aliphatic heterocycles. The molecular formula is C10H9BrClN3O2. The quantitative estimate of drug-likeness (QED) is 0.761. The maximum Gasteiger partial charge on any atom is 0.284 e. The van der Waals surface area contributed by atoms with E-state index in [9.17, 15) is 9.59 Å². The molecule has 2 aliphatic rings. The Balaban J connectivity index is 2.21. The monoisotopic (exact) mass is 317 g/mol. The van der Waals surface area contributed by atoms with Gasteiger partial charge in [-0.1, -0.05) is 11.6 Å². The molecule has 1 amide bonds. The summed E-state index contributed by atoms with van der Waals surface area (Å²) in [5.41, 5.74) is 2.44. The maximum atomic E-state index is 12.0. The zero-order valence-corrected chi connectivity index (χ0v) is 11.1. The molecule has 17 heavy (non-hydrogen) atoms. The Morgan fingerprint density at radius 2 is 2.12 bits per heavy atom. The van der Waals surface area contributed by atoms with E-state index in [1.54, 1.807) is 0 Å². The van der Waals surface area contributed by atoms with Crippen molar-refractivity contribution in [3.05, 3.63) is 31.6 Å². The molecule has 1 aromatic heterocycles. The second-order valence-electron chi connectivity index (χ2n) is 4.33. The average Bonchev–Trinajstić information content (AvgIpc) is 2.22. The number of hydrogen-bond acceptors (Lipinski definition) is 3. The van der Waals surface area contributed by atoms with Gasteiger partial charge in [0.1, 0.15) is 11.4 Å². The van der Waals surface area contributed by atoms with Crippen LogP contribution in [0.5, 0.6) is 0 Å². The predicted molar refractivity (Wildman–Crippen MR) is 66.8 cm³/mol. The van der Waals surface area contributed by atoms with Crippen LogP contribution in [0, 0.1) is 0 Å². The molecule has 1 saturated carbocycles. The van der Waals surface area contributed by atoms with Gasteiger partial charge in [0.25, 0.3) is 11.5 Å². The van der Waals surface area contributed by atoms with E-state index in [0.29, 0.717) is 4.47 Å². The summed E-state index contributed by atoms with van der Waals surface area (Å²) in [5.74, 6) is -0.307. The molecule has 0 radical (unpaired) electrons. The minimum absolute atomic E-state index is 0.164. The van der Waals surface area contributed by atoms with E-state index in [0.717, 1.165) is 19.3 Å². The summed E-state index contributed by atoms with van der Waals surface area (Å²) in [7, 11) is 0. The second-order valence-corrected chi connectivity index (χ2v) is 5.59. The van der Waals surface area contributed by atoms with E-state index in [2.05, 4.69) is 26.7 Å². The Labute approximate surface area is 110 Å². The van der Waals surface area contributed by atoms with E-state index >= 15 is 0 Å². The molecule has 1 spiro atoms. The first-order valence-electron chi connectivity index (χ1n) is 5.24. The van der Waals surface area contributed by atoms with Crippen LogP contribution >= 0.6 is 27.5 Å². The molecule has 90 valence electrons. The minimum Gasteiger partial charge on any atom is -0.327 e. The molecular weight excluding hydrogens is 309 g/mol. The van der Waals surface area contributed by atoms with Crippen molar-refractivity contribution in [2.45, 2.75) is 24.9 Å². The van der Waals surface area contributed by atoms with E-state index in [4.69, 9.17) is 11.6 Å². The molecule has 1 fully saturated rings. The van der Waals surface area contributed by atoms with E-state index in [-0.39, 0.29) is 22.2 Å². The molecule has 5 nitrogen and oxygen atoms in total. The van der Waals surface area contributed by atoms with Crippen LogP contribution in [0.3, 0.4) is 0 Å². The lowest BCUT2D eigenvalue weighted by Gasteiger charge is -2.46. The smallest absolute Gasteiger partial charge is 0.284 e. The third-order valence-electron chi connectivity index (χ3n) is 3.21. The maximum absolute atomic E-state index is 12.0. The number of aromatic nitrogens is 1. The van der Waals surface area contributed by atoms with Crippen molar-refractivity contribution in [3.63, 3.8) is 0 Å². The first-order valence-corrected chi connectivity index (χ1v) is 6.41. The number of nitrogens with one attached hydrogen (secondary N) is 2. The summed E-state index contributed by atoms with van der Waals surface area (Å²) in [6.07, 6.45) is 2.66. The molecule has 7 heteroatoms. The second kappa shape index (κ2) is 3.49. The van der Waals surface area contributed by atoms with Crippen LogP contribution in [0.15, 0.2) is 15.3 Å². The topological polar surface area (TPSA) is 63.1 Å². The number of nitrogens with zero attached hydrogens (tertiary/aromatic N) is 1. The van der Waals surface area contributed by atoms with Crippen LogP contribution in [-0.2, 0) is 0 Å². The van der Waals surface area contributed by atoms with Crippen molar-refractivity contribution in [1.82, 2.24) is 9.99 Å². The highest BCUT2D eigenvalue weighted by Crippen LogP contribution is 2.33. The standard InChI is InChI=1S/C10H9BrClN3O2/c11-5-4-6(12)7-8(16)13-10(2-1-3-10)14-15(7)9(5)17/h4,14H,1-3H2,(H,13,16). The number of fused-ring (bicyclic) bond motifs is 1. The summed E-state index contributed by atoms with van der Waals surface area (Å²) in [6.45, 7) is 0. The van der Waals surface area contributed by atoms with Crippen LogP contribution in [0.25, 0.3) is 0 Å². The lowest BCUT2D eigenvalue weighted by atomic mass is 9.84.